The van der Waals surface area contributed by atoms with E-state index in [0.29, 0.717) is 28.1 Å². The number of amides is 1. The van der Waals surface area contributed by atoms with E-state index >= 15 is 0 Å². The van der Waals surface area contributed by atoms with Crippen LogP contribution in [0.3, 0.4) is 0 Å². The molecule has 1 atom stereocenters. The number of hydrogen-bond acceptors (Lipinski definition) is 5. The second-order valence-corrected chi connectivity index (χ2v) is 7.54. The SMILES string of the molecule is COC(=O)c1[nH]c(C)c(C(=O)C(C)N(Cc2ccco2)C(=O)c2ccc(C)cc2)c1C. The number of aromatic nitrogens is 1. The zero-order valence-corrected chi connectivity index (χ0v) is 18.3. The van der Waals surface area contributed by atoms with E-state index in [0.717, 1.165) is 5.56 Å². The summed E-state index contributed by atoms with van der Waals surface area (Å²) in [6, 6.07) is 9.89. The van der Waals surface area contributed by atoms with Crippen molar-refractivity contribution >= 4 is 17.7 Å². The molecule has 0 radical (unpaired) electrons. The minimum atomic E-state index is -0.794. The molecule has 1 N–H and O–H groups in total. The Morgan fingerprint density at radius 3 is 2.35 bits per heavy atom. The van der Waals surface area contributed by atoms with Gasteiger partial charge in [-0.3, -0.25) is 9.59 Å². The van der Waals surface area contributed by atoms with Crippen LogP contribution in [-0.2, 0) is 11.3 Å². The summed E-state index contributed by atoms with van der Waals surface area (Å²) >= 11 is 0. The maximum atomic E-state index is 13.5. The highest BCUT2D eigenvalue weighted by molar-refractivity contribution is 6.07. The number of aromatic amines is 1. The molecule has 1 amide bonds. The van der Waals surface area contributed by atoms with Crippen molar-refractivity contribution in [2.45, 2.75) is 40.3 Å². The van der Waals surface area contributed by atoms with E-state index in [2.05, 4.69) is 4.98 Å². The molecule has 7 nitrogen and oxygen atoms in total. The van der Waals surface area contributed by atoms with Crippen molar-refractivity contribution in [3.8, 4) is 0 Å². The van der Waals surface area contributed by atoms with Crippen LogP contribution in [0.15, 0.2) is 47.1 Å². The van der Waals surface area contributed by atoms with Crippen molar-refractivity contribution < 1.29 is 23.5 Å². The van der Waals surface area contributed by atoms with Gasteiger partial charge in [0.1, 0.15) is 11.5 Å². The molecule has 0 aliphatic carbocycles. The van der Waals surface area contributed by atoms with E-state index in [-0.39, 0.29) is 23.9 Å². The monoisotopic (exact) mass is 422 g/mol. The molecule has 3 aromatic rings. The molecular weight excluding hydrogens is 396 g/mol. The molecule has 0 fully saturated rings. The fourth-order valence-electron chi connectivity index (χ4n) is 3.59. The van der Waals surface area contributed by atoms with E-state index in [1.807, 2.05) is 19.1 Å². The summed E-state index contributed by atoms with van der Waals surface area (Å²) in [5.41, 5.74) is 3.19. The van der Waals surface area contributed by atoms with Crippen LogP contribution >= 0.6 is 0 Å². The maximum Gasteiger partial charge on any atom is 0.354 e. The Kier molecular flexibility index (Phi) is 6.44. The van der Waals surface area contributed by atoms with Gasteiger partial charge in [0.25, 0.3) is 5.91 Å². The van der Waals surface area contributed by atoms with Crippen molar-refractivity contribution in [3.05, 3.63) is 82.1 Å². The van der Waals surface area contributed by atoms with Crippen LogP contribution < -0.4 is 0 Å². The zero-order valence-electron chi connectivity index (χ0n) is 18.3. The minimum Gasteiger partial charge on any atom is -0.467 e. The molecule has 162 valence electrons. The molecule has 1 aromatic carbocycles. The normalized spacial score (nSPS) is 11.8. The molecule has 0 aliphatic rings. The molecule has 0 saturated carbocycles. The largest absolute Gasteiger partial charge is 0.467 e. The third-order valence-corrected chi connectivity index (χ3v) is 5.39. The Balaban J connectivity index is 1.98. The standard InChI is InChI=1S/C24H26N2O5/c1-14-8-10-18(11-9-14)23(28)26(13-19-7-6-12-31-19)17(4)22(27)20-15(2)21(24(29)30-5)25-16(20)3/h6-12,17,25H,13H2,1-5H3. The molecule has 0 aliphatic heterocycles. The third kappa shape index (κ3) is 4.45. The summed E-state index contributed by atoms with van der Waals surface area (Å²) in [6.45, 7) is 7.17. The molecule has 1 unspecified atom stereocenters. The average molecular weight is 422 g/mol. The number of nitrogens with zero attached hydrogens (tertiary/aromatic N) is 1. The molecular formula is C24H26N2O5. The molecule has 2 aromatic heterocycles. The lowest BCUT2D eigenvalue weighted by molar-refractivity contribution is 0.0590. The van der Waals surface area contributed by atoms with Crippen molar-refractivity contribution in [3.63, 3.8) is 0 Å². The third-order valence-electron chi connectivity index (χ3n) is 5.39. The van der Waals surface area contributed by atoms with E-state index in [1.165, 1.54) is 18.3 Å². The van der Waals surface area contributed by atoms with E-state index in [4.69, 9.17) is 9.15 Å². The highest BCUT2D eigenvalue weighted by Gasteiger charge is 2.32. The number of Topliss-reactive ketones (excluding diaryl/α,β-unsaturated/α-hetero) is 1. The first-order valence-corrected chi connectivity index (χ1v) is 9.96. The first-order chi connectivity index (χ1) is 14.7. The van der Waals surface area contributed by atoms with Crippen LogP contribution in [0.4, 0.5) is 0 Å². The maximum absolute atomic E-state index is 13.5. The predicted octanol–water partition coefficient (Wildman–Crippen LogP) is 4.23. The van der Waals surface area contributed by atoms with Gasteiger partial charge >= 0.3 is 5.97 Å². The van der Waals surface area contributed by atoms with Crippen LogP contribution in [0.2, 0.25) is 0 Å². The summed E-state index contributed by atoms with van der Waals surface area (Å²) in [7, 11) is 1.29. The van der Waals surface area contributed by atoms with Gasteiger partial charge in [0.05, 0.1) is 26.0 Å². The summed E-state index contributed by atoms with van der Waals surface area (Å²) < 4.78 is 10.2. The van der Waals surface area contributed by atoms with Gasteiger partial charge < -0.3 is 19.0 Å². The van der Waals surface area contributed by atoms with E-state index in [9.17, 15) is 14.4 Å². The number of hydrogen-bond donors (Lipinski definition) is 1. The molecule has 0 bridgehead atoms. The topological polar surface area (TPSA) is 92.6 Å². The van der Waals surface area contributed by atoms with Crippen LogP contribution in [0.1, 0.15) is 60.7 Å². The predicted molar refractivity (Wildman–Crippen MR) is 115 cm³/mol. The van der Waals surface area contributed by atoms with Gasteiger partial charge in [0, 0.05) is 16.8 Å². The van der Waals surface area contributed by atoms with E-state index < -0.39 is 12.0 Å². The lowest BCUT2D eigenvalue weighted by atomic mass is 9.99. The Hall–Kier alpha value is -3.61. The number of H-pyrrole nitrogens is 1. The number of benzene rings is 1. The number of ether oxygens (including phenoxy) is 1. The van der Waals surface area contributed by atoms with Gasteiger partial charge in [-0.1, -0.05) is 17.7 Å². The van der Waals surface area contributed by atoms with Crippen molar-refractivity contribution in [2.75, 3.05) is 7.11 Å². The quantitative estimate of drug-likeness (QED) is 0.454. The van der Waals surface area contributed by atoms with Crippen molar-refractivity contribution in [1.82, 2.24) is 9.88 Å². The van der Waals surface area contributed by atoms with Crippen LogP contribution in [0, 0.1) is 20.8 Å². The fraction of sp³-hybridized carbons (Fsp3) is 0.292. The first kappa shape index (κ1) is 22.1. The van der Waals surface area contributed by atoms with Gasteiger partial charge in [-0.15, -0.1) is 0 Å². The Labute approximate surface area is 181 Å². The Morgan fingerprint density at radius 2 is 1.77 bits per heavy atom. The summed E-state index contributed by atoms with van der Waals surface area (Å²) in [6.07, 6.45) is 1.53. The van der Waals surface area contributed by atoms with Crippen LogP contribution in [0.25, 0.3) is 0 Å². The molecule has 2 heterocycles. The highest BCUT2D eigenvalue weighted by Crippen LogP contribution is 2.24. The molecule has 0 spiro atoms. The molecule has 31 heavy (non-hydrogen) atoms. The van der Waals surface area contributed by atoms with Gasteiger partial charge in [-0.25, -0.2) is 4.79 Å². The molecule has 0 saturated heterocycles. The average Bonchev–Trinajstić information content (AvgIpc) is 3.38. The van der Waals surface area contributed by atoms with Gasteiger partial charge in [-0.2, -0.15) is 0 Å². The molecule has 3 rings (SSSR count). The number of rotatable bonds is 7. The smallest absolute Gasteiger partial charge is 0.354 e. The summed E-state index contributed by atoms with van der Waals surface area (Å²) in [4.78, 5) is 43.2. The Bertz CT molecular complexity index is 1090. The lowest BCUT2D eigenvalue weighted by Gasteiger charge is -2.28. The number of ketones is 1. The minimum absolute atomic E-state index is 0.138. The lowest BCUT2D eigenvalue weighted by Crippen LogP contribution is -2.43. The number of carbonyl (C=O) groups is 3. The van der Waals surface area contributed by atoms with Crippen LogP contribution in [-0.4, -0.2) is 40.7 Å². The Morgan fingerprint density at radius 1 is 1.10 bits per heavy atom. The number of nitrogens with one attached hydrogen (secondary N) is 1. The number of aryl methyl sites for hydroxylation is 2. The summed E-state index contributed by atoms with van der Waals surface area (Å²) in [5, 5.41) is 0. The highest BCUT2D eigenvalue weighted by atomic mass is 16.5. The first-order valence-electron chi connectivity index (χ1n) is 9.96. The van der Waals surface area contributed by atoms with Crippen LogP contribution in [0.5, 0.6) is 0 Å². The second kappa shape index (κ2) is 9.04. The number of carbonyl (C=O) groups excluding carboxylic acids is 3. The zero-order chi connectivity index (χ0) is 22.7. The second-order valence-electron chi connectivity index (χ2n) is 7.54. The fourth-order valence-corrected chi connectivity index (χ4v) is 3.59. The van der Waals surface area contributed by atoms with Gasteiger partial charge in [-0.05, 0) is 57.5 Å². The number of esters is 1. The van der Waals surface area contributed by atoms with Crippen molar-refractivity contribution in [2.24, 2.45) is 0 Å². The number of methoxy groups -OCH3 is 1. The van der Waals surface area contributed by atoms with Crippen molar-refractivity contribution in [1.29, 1.82) is 0 Å². The van der Waals surface area contributed by atoms with Gasteiger partial charge in [0.15, 0.2) is 5.78 Å². The van der Waals surface area contributed by atoms with E-state index in [1.54, 1.807) is 45.0 Å². The summed E-state index contributed by atoms with van der Waals surface area (Å²) in [5.74, 6) is -0.530. The number of furan rings is 1. The molecule has 7 heteroatoms. The van der Waals surface area contributed by atoms with Gasteiger partial charge in [0.2, 0.25) is 0 Å².